The summed E-state index contributed by atoms with van der Waals surface area (Å²) in [5.74, 6) is 0.856. The number of carbonyl (C=O) groups is 1. The average Bonchev–Trinajstić information content (AvgIpc) is 2.95. The molecule has 0 atom stereocenters. The van der Waals surface area contributed by atoms with Gasteiger partial charge in [0, 0.05) is 18.0 Å². The van der Waals surface area contributed by atoms with Crippen molar-refractivity contribution in [1.82, 2.24) is 5.16 Å². The Morgan fingerprint density at radius 3 is 2.71 bits per heavy atom. The van der Waals surface area contributed by atoms with E-state index < -0.39 is 5.91 Å². The fraction of sp³-hybridized carbons (Fsp3) is 0.278. The van der Waals surface area contributed by atoms with E-state index in [1.807, 2.05) is 31.2 Å². The van der Waals surface area contributed by atoms with Gasteiger partial charge < -0.3 is 15.2 Å². The van der Waals surface area contributed by atoms with E-state index in [1.165, 1.54) is 6.20 Å². The van der Waals surface area contributed by atoms with Gasteiger partial charge in [0.25, 0.3) is 5.91 Å². The van der Waals surface area contributed by atoms with E-state index in [1.54, 1.807) is 13.0 Å². The predicted molar refractivity (Wildman–Crippen MR) is 92.5 cm³/mol. The highest BCUT2D eigenvalue weighted by atomic mass is 16.5. The van der Waals surface area contributed by atoms with E-state index in [0.29, 0.717) is 11.6 Å². The number of nitrogens with zero attached hydrogens (tertiary/aromatic N) is 2. The molecule has 0 aliphatic carbocycles. The molecule has 0 saturated heterocycles. The molecule has 2 N–H and O–H groups in total. The quantitative estimate of drug-likeness (QED) is 0.643. The molecule has 0 radical (unpaired) electrons. The summed E-state index contributed by atoms with van der Waals surface area (Å²) in [6, 6.07) is 9.41. The summed E-state index contributed by atoms with van der Waals surface area (Å²) in [7, 11) is 0. The number of para-hydroxylation sites is 1. The summed E-state index contributed by atoms with van der Waals surface area (Å²) in [5.41, 5.74) is 2.68. The third-order valence-electron chi connectivity index (χ3n) is 3.52. The number of carbonyl (C=O) groups excluding carboxylic acids is 1. The Kier molecular flexibility index (Phi) is 5.38. The van der Waals surface area contributed by atoms with Crippen molar-refractivity contribution in [2.75, 3.05) is 10.6 Å². The number of anilines is 2. The van der Waals surface area contributed by atoms with Crippen LogP contribution in [0.25, 0.3) is 0 Å². The van der Waals surface area contributed by atoms with E-state index in [4.69, 9.17) is 4.52 Å². The molecule has 2 aromatic rings. The van der Waals surface area contributed by atoms with Crippen LogP contribution in [0.3, 0.4) is 0 Å². The third kappa shape index (κ3) is 4.02. The first kappa shape index (κ1) is 17.3. The van der Waals surface area contributed by atoms with Crippen LogP contribution in [-0.2, 0) is 4.79 Å². The molecule has 2 rings (SSSR count). The van der Waals surface area contributed by atoms with Crippen molar-refractivity contribution >= 4 is 17.4 Å². The number of rotatable bonds is 5. The van der Waals surface area contributed by atoms with E-state index in [2.05, 4.69) is 29.6 Å². The first-order valence-electron chi connectivity index (χ1n) is 7.63. The Balaban J connectivity index is 2.20. The number of hydrogen-bond acceptors (Lipinski definition) is 5. The fourth-order valence-electron chi connectivity index (χ4n) is 2.25. The molecule has 1 aromatic carbocycles. The first-order chi connectivity index (χ1) is 11.4. The van der Waals surface area contributed by atoms with E-state index in [0.717, 1.165) is 16.8 Å². The molecule has 1 heterocycles. The number of benzene rings is 1. The lowest BCUT2D eigenvalue weighted by atomic mass is 9.98. The minimum atomic E-state index is -0.471. The van der Waals surface area contributed by atoms with Gasteiger partial charge in [-0.15, -0.1) is 0 Å². The van der Waals surface area contributed by atoms with Crippen LogP contribution in [0.15, 0.2) is 40.6 Å². The monoisotopic (exact) mass is 324 g/mol. The van der Waals surface area contributed by atoms with Crippen LogP contribution in [0.2, 0.25) is 0 Å². The average molecular weight is 324 g/mol. The second kappa shape index (κ2) is 7.47. The minimum absolute atomic E-state index is 0.0476. The largest absolute Gasteiger partial charge is 0.360 e. The van der Waals surface area contributed by atoms with Crippen LogP contribution < -0.4 is 10.6 Å². The molecule has 0 bridgehead atoms. The molecule has 0 saturated carbocycles. The molecule has 1 aromatic heterocycles. The van der Waals surface area contributed by atoms with Crippen molar-refractivity contribution in [2.24, 2.45) is 0 Å². The summed E-state index contributed by atoms with van der Waals surface area (Å²) in [6.07, 6.45) is 1.32. The highest BCUT2D eigenvalue weighted by Crippen LogP contribution is 2.27. The van der Waals surface area contributed by atoms with Crippen LogP contribution in [0, 0.1) is 25.2 Å². The van der Waals surface area contributed by atoms with Crippen LogP contribution in [0.4, 0.5) is 11.5 Å². The zero-order valence-electron chi connectivity index (χ0n) is 14.2. The molecular formula is C18H20N4O2. The first-order valence-corrected chi connectivity index (χ1v) is 7.63. The molecule has 0 fully saturated rings. The van der Waals surface area contributed by atoms with Crippen molar-refractivity contribution in [3.05, 3.63) is 52.9 Å². The predicted octanol–water partition coefficient (Wildman–Crippen LogP) is 3.87. The van der Waals surface area contributed by atoms with Gasteiger partial charge >= 0.3 is 0 Å². The maximum absolute atomic E-state index is 12.4. The Bertz CT molecular complexity index is 813. The number of nitriles is 1. The molecule has 0 aliphatic heterocycles. The van der Waals surface area contributed by atoms with Crippen molar-refractivity contribution in [2.45, 2.75) is 33.6 Å². The Labute approximate surface area is 141 Å². The lowest BCUT2D eigenvalue weighted by Crippen LogP contribution is -2.17. The van der Waals surface area contributed by atoms with Gasteiger partial charge in [-0.2, -0.15) is 5.26 Å². The van der Waals surface area contributed by atoms with E-state index in [-0.39, 0.29) is 11.5 Å². The van der Waals surface area contributed by atoms with Gasteiger partial charge in [0.05, 0.1) is 0 Å². The van der Waals surface area contributed by atoms with Gasteiger partial charge in [-0.25, -0.2) is 0 Å². The zero-order valence-corrected chi connectivity index (χ0v) is 14.2. The summed E-state index contributed by atoms with van der Waals surface area (Å²) in [5, 5.41) is 18.6. The maximum Gasteiger partial charge on any atom is 0.267 e. The van der Waals surface area contributed by atoms with Crippen molar-refractivity contribution in [3.63, 3.8) is 0 Å². The number of hydrogen-bond donors (Lipinski definition) is 2. The zero-order chi connectivity index (χ0) is 17.7. The highest BCUT2D eigenvalue weighted by molar-refractivity contribution is 6.07. The van der Waals surface area contributed by atoms with Gasteiger partial charge in [0.1, 0.15) is 17.4 Å². The topological polar surface area (TPSA) is 91.0 Å². The van der Waals surface area contributed by atoms with Gasteiger partial charge in [-0.05, 0) is 30.9 Å². The lowest BCUT2D eigenvalue weighted by Gasteiger charge is -2.16. The SMILES string of the molecule is Cc1cc(N/C=C(/C#N)C(=O)Nc2c(C)cccc2C(C)C)no1. The Morgan fingerprint density at radius 2 is 2.12 bits per heavy atom. The molecule has 0 spiro atoms. The number of amides is 1. The second-order valence-electron chi connectivity index (χ2n) is 5.78. The van der Waals surface area contributed by atoms with Crippen LogP contribution in [0.5, 0.6) is 0 Å². The molecular weight excluding hydrogens is 304 g/mol. The smallest absolute Gasteiger partial charge is 0.267 e. The molecule has 6 nitrogen and oxygen atoms in total. The molecule has 0 aliphatic rings. The second-order valence-corrected chi connectivity index (χ2v) is 5.78. The van der Waals surface area contributed by atoms with E-state index in [9.17, 15) is 10.1 Å². The normalized spacial score (nSPS) is 11.2. The molecule has 24 heavy (non-hydrogen) atoms. The molecule has 6 heteroatoms. The Hall–Kier alpha value is -3.07. The molecule has 124 valence electrons. The van der Waals surface area contributed by atoms with Crippen LogP contribution in [0.1, 0.15) is 36.7 Å². The number of nitrogens with one attached hydrogen (secondary N) is 2. The highest BCUT2D eigenvalue weighted by Gasteiger charge is 2.15. The molecule has 1 amide bonds. The van der Waals surface area contributed by atoms with E-state index >= 15 is 0 Å². The molecule has 0 unspecified atom stereocenters. The Morgan fingerprint density at radius 1 is 1.38 bits per heavy atom. The fourth-order valence-corrected chi connectivity index (χ4v) is 2.25. The van der Waals surface area contributed by atoms with Gasteiger partial charge in [0.2, 0.25) is 0 Å². The van der Waals surface area contributed by atoms with Gasteiger partial charge in [-0.3, -0.25) is 4.79 Å². The number of aryl methyl sites for hydroxylation is 2. The lowest BCUT2D eigenvalue weighted by molar-refractivity contribution is -0.112. The van der Waals surface area contributed by atoms with Crippen LogP contribution in [-0.4, -0.2) is 11.1 Å². The van der Waals surface area contributed by atoms with Gasteiger partial charge in [0.15, 0.2) is 5.82 Å². The minimum Gasteiger partial charge on any atom is -0.360 e. The maximum atomic E-state index is 12.4. The van der Waals surface area contributed by atoms with Crippen molar-refractivity contribution < 1.29 is 9.32 Å². The summed E-state index contributed by atoms with van der Waals surface area (Å²) in [6.45, 7) is 7.79. The summed E-state index contributed by atoms with van der Waals surface area (Å²) >= 11 is 0. The summed E-state index contributed by atoms with van der Waals surface area (Å²) < 4.78 is 4.92. The van der Waals surface area contributed by atoms with Crippen molar-refractivity contribution in [3.8, 4) is 6.07 Å². The third-order valence-corrected chi connectivity index (χ3v) is 3.52. The standard InChI is InChI=1S/C18H20N4O2/c1-11(2)15-7-5-6-12(3)17(15)21-18(23)14(9-19)10-20-16-8-13(4)24-22-16/h5-8,10-11H,1-4H3,(H,20,22)(H,21,23)/b14-10-. The van der Waals surface area contributed by atoms with Crippen LogP contribution >= 0.6 is 0 Å². The number of aromatic nitrogens is 1. The van der Waals surface area contributed by atoms with Crippen molar-refractivity contribution in [1.29, 1.82) is 5.26 Å². The van der Waals surface area contributed by atoms with Gasteiger partial charge in [-0.1, -0.05) is 37.2 Å². The summed E-state index contributed by atoms with van der Waals surface area (Å²) in [4.78, 5) is 12.4.